The van der Waals surface area contributed by atoms with Crippen LogP contribution in [0.2, 0.25) is 0 Å². The first-order valence-electron chi connectivity index (χ1n) is 7.95. The zero-order chi connectivity index (χ0) is 17.1. The van der Waals surface area contributed by atoms with Gasteiger partial charge < -0.3 is 15.3 Å². The van der Waals surface area contributed by atoms with Crippen LogP contribution in [-0.2, 0) is 4.79 Å². The van der Waals surface area contributed by atoms with Gasteiger partial charge in [0.25, 0.3) is 0 Å². The first-order valence-corrected chi connectivity index (χ1v) is 7.95. The molecule has 0 saturated carbocycles. The molecule has 0 atom stereocenters. The number of urea groups is 1. The van der Waals surface area contributed by atoms with Crippen molar-refractivity contribution < 1.29 is 14.7 Å². The van der Waals surface area contributed by atoms with Gasteiger partial charge in [-0.3, -0.25) is 4.79 Å². The molecule has 0 bridgehead atoms. The predicted octanol–water partition coefficient (Wildman–Crippen LogP) is 2.51. The average molecular weight is 328 g/mol. The maximum Gasteiger partial charge on any atom is 0.321 e. The first-order chi connectivity index (χ1) is 11.5. The fraction of sp³-hybridized carbons (Fsp3) is 0.353. The molecule has 0 unspecified atom stereocenters. The lowest BCUT2D eigenvalue weighted by Crippen LogP contribution is -2.42. The molecule has 0 aliphatic carbocycles. The van der Waals surface area contributed by atoms with Crippen molar-refractivity contribution in [2.75, 3.05) is 18.4 Å². The van der Waals surface area contributed by atoms with Crippen LogP contribution in [0.25, 0.3) is 5.69 Å². The number of rotatable bonds is 3. The predicted molar refractivity (Wildman–Crippen MR) is 89.3 cm³/mol. The van der Waals surface area contributed by atoms with Gasteiger partial charge in [-0.15, -0.1) is 0 Å². The van der Waals surface area contributed by atoms with Gasteiger partial charge in [0.2, 0.25) is 0 Å². The standard InChI is InChI=1S/C17H20N4O3/c1-12-6-11-21(19-12)15-5-3-2-4-14(15)18-17(24)20-9-7-13(8-10-20)16(22)23/h2-6,11,13H,7-10H2,1H3,(H,18,24)(H,22,23). The molecule has 0 spiro atoms. The zero-order valence-corrected chi connectivity index (χ0v) is 13.5. The van der Waals surface area contributed by atoms with Gasteiger partial charge in [-0.25, -0.2) is 9.48 Å². The Kier molecular flexibility index (Phi) is 4.50. The highest BCUT2D eigenvalue weighted by Gasteiger charge is 2.27. The van der Waals surface area contributed by atoms with Crippen LogP contribution in [0.15, 0.2) is 36.5 Å². The number of carboxylic acids is 1. The molecule has 1 aliphatic heterocycles. The van der Waals surface area contributed by atoms with Crippen molar-refractivity contribution in [3.63, 3.8) is 0 Å². The van der Waals surface area contributed by atoms with Crippen LogP contribution in [0.4, 0.5) is 10.5 Å². The summed E-state index contributed by atoms with van der Waals surface area (Å²) in [5.74, 6) is -1.14. The lowest BCUT2D eigenvalue weighted by molar-refractivity contribution is -0.143. The molecule has 1 aliphatic rings. The zero-order valence-electron chi connectivity index (χ0n) is 13.5. The summed E-state index contributed by atoms with van der Waals surface area (Å²) in [5, 5.41) is 16.3. The summed E-state index contributed by atoms with van der Waals surface area (Å²) in [6.45, 7) is 2.81. The number of para-hydroxylation sites is 2. The number of anilines is 1. The summed E-state index contributed by atoms with van der Waals surface area (Å²) < 4.78 is 1.72. The molecule has 126 valence electrons. The van der Waals surface area contributed by atoms with E-state index >= 15 is 0 Å². The molecule has 1 aromatic heterocycles. The number of carboxylic acid groups (broad SMARTS) is 1. The molecule has 2 amide bonds. The Morgan fingerprint density at radius 1 is 1.21 bits per heavy atom. The molecule has 7 nitrogen and oxygen atoms in total. The van der Waals surface area contributed by atoms with Crippen molar-refractivity contribution in [2.45, 2.75) is 19.8 Å². The second-order valence-corrected chi connectivity index (χ2v) is 5.95. The van der Waals surface area contributed by atoms with E-state index in [9.17, 15) is 9.59 Å². The highest BCUT2D eigenvalue weighted by atomic mass is 16.4. The second-order valence-electron chi connectivity index (χ2n) is 5.95. The number of nitrogens with one attached hydrogen (secondary N) is 1. The number of aryl methyl sites for hydroxylation is 1. The Bertz CT molecular complexity index is 748. The van der Waals surface area contributed by atoms with Gasteiger partial charge in [-0.05, 0) is 38.0 Å². The Hall–Kier alpha value is -2.83. The lowest BCUT2D eigenvalue weighted by Gasteiger charge is -2.30. The number of amides is 2. The number of piperidine rings is 1. The molecule has 2 heterocycles. The summed E-state index contributed by atoms with van der Waals surface area (Å²) in [5.41, 5.74) is 2.36. The highest BCUT2D eigenvalue weighted by molar-refractivity contribution is 5.91. The summed E-state index contributed by atoms with van der Waals surface area (Å²) in [6, 6.07) is 9.14. The van der Waals surface area contributed by atoms with Crippen LogP contribution in [0, 0.1) is 12.8 Å². The van der Waals surface area contributed by atoms with Gasteiger partial charge in [0.15, 0.2) is 0 Å². The number of hydrogen-bond acceptors (Lipinski definition) is 3. The summed E-state index contributed by atoms with van der Waals surface area (Å²) in [6.07, 6.45) is 2.82. The third-order valence-electron chi connectivity index (χ3n) is 4.25. The van der Waals surface area contributed by atoms with Crippen molar-refractivity contribution in [3.8, 4) is 5.69 Å². The van der Waals surface area contributed by atoms with E-state index in [1.165, 1.54) is 0 Å². The summed E-state index contributed by atoms with van der Waals surface area (Å²) in [7, 11) is 0. The Labute approximate surface area is 139 Å². The van der Waals surface area contributed by atoms with Gasteiger partial charge >= 0.3 is 12.0 Å². The second kappa shape index (κ2) is 6.74. The van der Waals surface area contributed by atoms with Crippen LogP contribution in [0.3, 0.4) is 0 Å². The molecular weight excluding hydrogens is 308 g/mol. The van der Waals surface area contributed by atoms with Gasteiger partial charge in [0.1, 0.15) is 0 Å². The molecule has 7 heteroatoms. The molecular formula is C17H20N4O3. The summed E-state index contributed by atoms with van der Waals surface area (Å²) >= 11 is 0. The van der Waals surface area contributed by atoms with Gasteiger partial charge in [0, 0.05) is 19.3 Å². The van der Waals surface area contributed by atoms with Crippen molar-refractivity contribution in [3.05, 3.63) is 42.2 Å². The topological polar surface area (TPSA) is 87.5 Å². The van der Waals surface area contributed by atoms with Gasteiger partial charge in [0.05, 0.1) is 23.0 Å². The molecule has 1 fully saturated rings. The lowest BCUT2D eigenvalue weighted by atomic mass is 9.97. The minimum Gasteiger partial charge on any atom is -0.481 e. The number of likely N-dealkylation sites (tertiary alicyclic amines) is 1. The number of carbonyl (C=O) groups excluding carboxylic acids is 1. The number of aliphatic carboxylic acids is 1. The Balaban J connectivity index is 1.70. The smallest absolute Gasteiger partial charge is 0.321 e. The maximum atomic E-state index is 12.5. The fourth-order valence-corrected chi connectivity index (χ4v) is 2.85. The first kappa shape index (κ1) is 16.0. The largest absolute Gasteiger partial charge is 0.481 e. The molecule has 24 heavy (non-hydrogen) atoms. The normalized spacial score (nSPS) is 15.3. The van der Waals surface area contributed by atoms with E-state index in [1.807, 2.05) is 43.5 Å². The minimum atomic E-state index is -0.783. The number of carbonyl (C=O) groups is 2. The third kappa shape index (κ3) is 3.40. The van der Waals surface area contributed by atoms with E-state index in [4.69, 9.17) is 5.11 Å². The molecule has 2 aromatic rings. The highest BCUT2D eigenvalue weighted by Crippen LogP contribution is 2.22. The number of benzene rings is 1. The Morgan fingerprint density at radius 2 is 1.92 bits per heavy atom. The van der Waals surface area contributed by atoms with E-state index in [1.54, 1.807) is 9.58 Å². The number of hydrogen-bond donors (Lipinski definition) is 2. The van der Waals surface area contributed by atoms with Crippen LogP contribution in [0.1, 0.15) is 18.5 Å². The molecule has 1 saturated heterocycles. The van der Waals surface area contributed by atoms with E-state index in [2.05, 4.69) is 10.4 Å². The van der Waals surface area contributed by atoms with E-state index in [-0.39, 0.29) is 11.9 Å². The van der Waals surface area contributed by atoms with Crippen LogP contribution < -0.4 is 5.32 Å². The quantitative estimate of drug-likeness (QED) is 0.906. The Morgan fingerprint density at radius 3 is 2.54 bits per heavy atom. The number of nitrogens with zero attached hydrogens (tertiary/aromatic N) is 3. The van der Waals surface area contributed by atoms with Gasteiger partial charge in [-0.1, -0.05) is 12.1 Å². The van der Waals surface area contributed by atoms with Crippen LogP contribution in [-0.4, -0.2) is 44.9 Å². The maximum absolute atomic E-state index is 12.5. The molecule has 1 aromatic carbocycles. The van der Waals surface area contributed by atoms with Crippen LogP contribution in [0.5, 0.6) is 0 Å². The van der Waals surface area contributed by atoms with E-state index in [0.717, 1.165) is 11.4 Å². The SMILES string of the molecule is Cc1ccn(-c2ccccc2NC(=O)N2CCC(C(=O)O)CC2)n1. The van der Waals surface area contributed by atoms with Crippen LogP contribution >= 0.6 is 0 Å². The van der Waals surface area contributed by atoms with E-state index in [0.29, 0.717) is 31.6 Å². The van der Waals surface area contributed by atoms with Crippen molar-refractivity contribution in [1.82, 2.24) is 14.7 Å². The number of aromatic nitrogens is 2. The van der Waals surface area contributed by atoms with Gasteiger partial charge in [-0.2, -0.15) is 5.10 Å². The van der Waals surface area contributed by atoms with Crippen molar-refractivity contribution in [1.29, 1.82) is 0 Å². The third-order valence-corrected chi connectivity index (χ3v) is 4.25. The monoisotopic (exact) mass is 328 g/mol. The summed E-state index contributed by atoms with van der Waals surface area (Å²) in [4.78, 5) is 25.1. The van der Waals surface area contributed by atoms with E-state index < -0.39 is 5.97 Å². The fourth-order valence-electron chi connectivity index (χ4n) is 2.85. The van der Waals surface area contributed by atoms with Crippen molar-refractivity contribution >= 4 is 17.7 Å². The average Bonchev–Trinajstić information content (AvgIpc) is 3.01. The minimum absolute atomic E-state index is 0.213. The molecule has 0 radical (unpaired) electrons. The molecule has 2 N–H and O–H groups in total. The molecule has 3 rings (SSSR count). The van der Waals surface area contributed by atoms with Crippen molar-refractivity contribution in [2.24, 2.45) is 5.92 Å².